The zero-order chi connectivity index (χ0) is 19.2. The van der Waals surface area contributed by atoms with Crippen LogP contribution in [0, 0.1) is 0 Å². The fourth-order valence-electron chi connectivity index (χ4n) is 3.62. The van der Waals surface area contributed by atoms with Crippen LogP contribution < -0.4 is 14.8 Å². The topological polar surface area (TPSA) is 73.6 Å². The van der Waals surface area contributed by atoms with Crippen LogP contribution in [0.5, 0.6) is 0 Å². The minimum Gasteiger partial charge on any atom is -0.341 e. The summed E-state index contributed by atoms with van der Waals surface area (Å²) in [5.41, 5.74) is 0.941. The van der Waals surface area contributed by atoms with E-state index in [4.69, 9.17) is 15.0 Å². The van der Waals surface area contributed by atoms with Crippen molar-refractivity contribution >= 4 is 24.1 Å². The molecule has 0 aromatic carbocycles. The smallest absolute Gasteiger partial charge is 0.252 e. The van der Waals surface area contributed by atoms with Gasteiger partial charge in [-0.1, -0.05) is 6.07 Å². The summed E-state index contributed by atoms with van der Waals surface area (Å²) in [7, 11) is 1.88. The zero-order valence-corrected chi connectivity index (χ0v) is 16.5. The van der Waals surface area contributed by atoms with Crippen molar-refractivity contribution in [1.82, 2.24) is 19.9 Å². The Morgan fingerprint density at radius 2 is 1.50 bits per heavy atom. The van der Waals surface area contributed by atoms with E-state index >= 15 is 0 Å². The van der Waals surface area contributed by atoms with Gasteiger partial charge in [-0.2, -0.15) is 20.1 Å². The minimum atomic E-state index is 0.580. The minimum absolute atomic E-state index is 0.580. The molecule has 4 heterocycles. The highest BCUT2D eigenvalue weighted by Gasteiger charge is 2.21. The number of piperidine rings is 2. The number of nitrogens with zero attached hydrogens (tertiary/aromatic N) is 8. The Hall–Kier alpha value is -2.77. The second kappa shape index (κ2) is 8.95. The standard InChI is InChI=1S/C20H28N8/c1-26(22-16-17-9-8-10-21-15-17)18-23-19(27-11-4-2-5-12-27)25-20(24-18)28-13-6-3-7-14-28/h8-10,15-16H,2-7,11-14H2,1H3/b22-16+. The molecule has 2 aliphatic heterocycles. The van der Waals surface area contributed by atoms with E-state index in [0.29, 0.717) is 5.95 Å². The molecule has 0 radical (unpaired) electrons. The number of hydrogen-bond acceptors (Lipinski definition) is 8. The first-order chi connectivity index (χ1) is 13.8. The highest BCUT2D eigenvalue weighted by molar-refractivity contribution is 5.79. The number of aromatic nitrogens is 4. The summed E-state index contributed by atoms with van der Waals surface area (Å²) in [6, 6.07) is 3.86. The van der Waals surface area contributed by atoms with E-state index in [0.717, 1.165) is 43.6 Å². The predicted octanol–water partition coefficient (Wildman–Crippen LogP) is 2.72. The lowest BCUT2D eigenvalue weighted by Crippen LogP contribution is -2.35. The molecule has 2 aliphatic rings. The van der Waals surface area contributed by atoms with Crippen LogP contribution in [0.3, 0.4) is 0 Å². The first-order valence-electron chi connectivity index (χ1n) is 10.2. The van der Waals surface area contributed by atoms with E-state index in [9.17, 15) is 0 Å². The summed E-state index contributed by atoms with van der Waals surface area (Å²) >= 11 is 0. The molecule has 0 atom stereocenters. The quantitative estimate of drug-likeness (QED) is 0.583. The van der Waals surface area contributed by atoms with Crippen LogP contribution in [0.15, 0.2) is 29.6 Å². The first-order valence-corrected chi connectivity index (χ1v) is 10.2. The van der Waals surface area contributed by atoms with Crippen molar-refractivity contribution in [1.29, 1.82) is 0 Å². The molecular formula is C20H28N8. The lowest BCUT2D eigenvalue weighted by Gasteiger charge is -2.30. The molecule has 2 aromatic heterocycles. The van der Waals surface area contributed by atoms with E-state index < -0.39 is 0 Å². The van der Waals surface area contributed by atoms with E-state index in [1.807, 2.05) is 19.2 Å². The van der Waals surface area contributed by atoms with Crippen LogP contribution in [0.25, 0.3) is 0 Å². The maximum atomic E-state index is 4.82. The average molecular weight is 381 g/mol. The summed E-state index contributed by atoms with van der Waals surface area (Å²) < 4.78 is 0. The lowest BCUT2D eigenvalue weighted by atomic mass is 10.1. The monoisotopic (exact) mass is 380 g/mol. The number of rotatable bonds is 5. The van der Waals surface area contributed by atoms with Crippen molar-refractivity contribution in [3.8, 4) is 0 Å². The molecule has 148 valence electrons. The molecule has 0 spiro atoms. The van der Waals surface area contributed by atoms with Crippen molar-refractivity contribution in [3.63, 3.8) is 0 Å². The van der Waals surface area contributed by atoms with Crippen molar-refractivity contribution < 1.29 is 0 Å². The number of anilines is 3. The Bertz CT molecular complexity index is 746. The van der Waals surface area contributed by atoms with Gasteiger partial charge in [-0.3, -0.25) is 4.98 Å². The van der Waals surface area contributed by atoms with Gasteiger partial charge in [-0.05, 0) is 44.6 Å². The molecule has 28 heavy (non-hydrogen) atoms. The number of hydrazone groups is 1. The maximum absolute atomic E-state index is 4.82. The molecule has 8 nitrogen and oxygen atoms in total. The van der Waals surface area contributed by atoms with Gasteiger partial charge in [0.2, 0.25) is 11.9 Å². The molecule has 0 unspecified atom stereocenters. The van der Waals surface area contributed by atoms with Gasteiger partial charge >= 0.3 is 0 Å². The SMILES string of the molecule is CN(/N=C/c1cccnc1)c1nc(N2CCCCC2)nc(N2CCCCC2)n1. The second-order valence-corrected chi connectivity index (χ2v) is 7.39. The molecule has 2 aromatic rings. The largest absolute Gasteiger partial charge is 0.341 e. The number of hydrogen-bond donors (Lipinski definition) is 0. The molecule has 0 N–H and O–H groups in total. The molecule has 0 amide bonds. The van der Waals surface area contributed by atoms with E-state index in [-0.39, 0.29) is 0 Å². The molecule has 2 saturated heterocycles. The van der Waals surface area contributed by atoms with Crippen molar-refractivity contribution in [2.75, 3.05) is 48.0 Å². The van der Waals surface area contributed by atoms with Crippen molar-refractivity contribution in [2.24, 2.45) is 5.10 Å². The van der Waals surface area contributed by atoms with E-state index in [1.54, 1.807) is 23.6 Å². The Kier molecular flexibility index (Phi) is 5.94. The summed E-state index contributed by atoms with van der Waals surface area (Å²) in [6.45, 7) is 4.02. The Balaban J connectivity index is 1.61. The van der Waals surface area contributed by atoms with Gasteiger partial charge in [0.15, 0.2) is 0 Å². The van der Waals surface area contributed by atoms with Gasteiger partial charge < -0.3 is 9.80 Å². The van der Waals surface area contributed by atoms with E-state index in [1.165, 1.54) is 38.5 Å². The van der Waals surface area contributed by atoms with Gasteiger partial charge in [-0.25, -0.2) is 5.01 Å². The van der Waals surface area contributed by atoms with Crippen LogP contribution in [-0.2, 0) is 0 Å². The Labute approximate surface area is 166 Å². The summed E-state index contributed by atoms with van der Waals surface area (Å²) in [6.07, 6.45) is 12.6. The highest BCUT2D eigenvalue weighted by Crippen LogP contribution is 2.23. The van der Waals surface area contributed by atoms with Crippen LogP contribution in [0.1, 0.15) is 44.1 Å². The predicted molar refractivity (Wildman–Crippen MR) is 112 cm³/mol. The fourth-order valence-corrected chi connectivity index (χ4v) is 3.62. The van der Waals surface area contributed by atoms with E-state index in [2.05, 4.69) is 19.9 Å². The summed E-state index contributed by atoms with van der Waals surface area (Å²) in [5.74, 6) is 2.12. The van der Waals surface area contributed by atoms with Crippen LogP contribution in [0.4, 0.5) is 17.8 Å². The zero-order valence-electron chi connectivity index (χ0n) is 16.5. The molecule has 0 saturated carbocycles. The van der Waals surface area contributed by atoms with Crippen LogP contribution in [0.2, 0.25) is 0 Å². The third-order valence-corrected chi connectivity index (χ3v) is 5.23. The molecule has 8 heteroatoms. The van der Waals surface area contributed by atoms with Gasteiger partial charge in [0.1, 0.15) is 0 Å². The third kappa shape index (κ3) is 4.55. The average Bonchev–Trinajstić information content (AvgIpc) is 2.79. The summed E-state index contributed by atoms with van der Waals surface area (Å²) in [4.78, 5) is 23.0. The van der Waals surface area contributed by atoms with Crippen molar-refractivity contribution in [3.05, 3.63) is 30.1 Å². The lowest BCUT2D eigenvalue weighted by molar-refractivity contribution is 0.555. The molecule has 4 rings (SSSR count). The molecule has 0 aliphatic carbocycles. The van der Waals surface area contributed by atoms with Gasteiger partial charge in [0.05, 0.1) is 6.21 Å². The van der Waals surface area contributed by atoms with Gasteiger partial charge in [-0.15, -0.1) is 0 Å². The van der Waals surface area contributed by atoms with Crippen LogP contribution >= 0.6 is 0 Å². The Morgan fingerprint density at radius 1 is 0.893 bits per heavy atom. The Morgan fingerprint density at radius 3 is 2.04 bits per heavy atom. The molecule has 2 fully saturated rings. The highest BCUT2D eigenvalue weighted by atomic mass is 15.5. The van der Waals surface area contributed by atoms with Gasteiger partial charge in [0.25, 0.3) is 5.95 Å². The number of pyridine rings is 1. The van der Waals surface area contributed by atoms with Crippen LogP contribution in [-0.4, -0.2) is 59.4 Å². The fraction of sp³-hybridized carbons (Fsp3) is 0.550. The molecule has 0 bridgehead atoms. The van der Waals surface area contributed by atoms with Crippen molar-refractivity contribution in [2.45, 2.75) is 38.5 Å². The third-order valence-electron chi connectivity index (χ3n) is 5.23. The first kappa shape index (κ1) is 18.6. The normalized spacial score (nSPS) is 17.9. The second-order valence-electron chi connectivity index (χ2n) is 7.39. The molecular weight excluding hydrogens is 352 g/mol. The summed E-state index contributed by atoms with van der Waals surface area (Å²) in [5, 5.41) is 6.23. The van der Waals surface area contributed by atoms with Gasteiger partial charge in [0, 0.05) is 51.2 Å². The maximum Gasteiger partial charge on any atom is 0.252 e.